The molecular weight excluding hydrogens is 404 g/mol. The molecule has 0 saturated heterocycles. The average Bonchev–Trinajstić information content (AvgIpc) is 3.34. The number of rotatable bonds is 6. The quantitative estimate of drug-likeness (QED) is 0.470. The van der Waals surface area contributed by atoms with E-state index in [1.165, 1.54) is 28.7 Å². The highest BCUT2D eigenvalue weighted by molar-refractivity contribution is 7.99. The van der Waals surface area contributed by atoms with Crippen molar-refractivity contribution in [3.63, 3.8) is 0 Å². The van der Waals surface area contributed by atoms with Gasteiger partial charge in [0.1, 0.15) is 0 Å². The van der Waals surface area contributed by atoms with Gasteiger partial charge in [0.25, 0.3) is 0 Å². The Morgan fingerprint density at radius 2 is 1.86 bits per heavy atom. The van der Waals surface area contributed by atoms with E-state index in [2.05, 4.69) is 25.5 Å². The van der Waals surface area contributed by atoms with Gasteiger partial charge in [-0.05, 0) is 38.1 Å². The van der Waals surface area contributed by atoms with Gasteiger partial charge in [0.15, 0.2) is 16.1 Å². The molecule has 3 aromatic heterocycles. The molecule has 0 unspecified atom stereocenters. The summed E-state index contributed by atoms with van der Waals surface area (Å²) >= 11 is 2.78. The Kier molecular flexibility index (Phi) is 5.68. The van der Waals surface area contributed by atoms with E-state index in [1.54, 1.807) is 18.6 Å². The molecule has 1 amide bonds. The van der Waals surface area contributed by atoms with Crippen LogP contribution in [0.3, 0.4) is 0 Å². The molecule has 3 heterocycles. The molecule has 1 aromatic carbocycles. The van der Waals surface area contributed by atoms with Crippen LogP contribution in [0.5, 0.6) is 0 Å². The van der Waals surface area contributed by atoms with E-state index < -0.39 is 0 Å². The third-order valence-electron chi connectivity index (χ3n) is 4.06. The summed E-state index contributed by atoms with van der Waals surface area (Å²) in [4.78, 5) is 21.6. The van der Waals surface area contributed by atoms with E-state index in [1.807, 2.05) is 54.8 Å². The van der Waals surface area contributed by atoms with Gasteiger partial charge in [-0.25, -0.2) is 4.98 Å². The number of hydrogen-bond acceptors (Lipinski definition) is 7. The van der Waals surface area contributed by atoms with E-state index in [0.29, 0.717) is 16.1 Å². The number of nitrogens with zero attached hydrogens (tertiary/aromatic N) is 5. The number of benzene rings is 1. The van der Waals surface area contributed by atoms with E-state index in [4.69, 9.17) is 0 Å². The molecular formula is C20H18N6OS2. The van der Waals surface area contributed by atoms with E-state index in [-0.39, 0.29) is 11.7 Å². The fourth-order valence-corrected chi connectivity index (χ4v) is 4.11. The maximum atomic E-state index is 12.3. The van der Waals surface area contributed by atoms with Gasteiger partial charge in [0.2, 0.25) is 5.91 Å². The molecule has 0 fully saturated rings. The summed E-state index contributed by atoms with van der Waals surface area (Å²) in [7, 11) is 0. The first kappa shape index (κ1) is 19.3. The van der Waals surface area contributed by atoms with Crippen LogP contribution in [0.25, 0.3) is 17.1 Å². The van der Waals surface area contributed by atoms with Crippen molar-refractivity contribution >= 4 is 34.1 Å². The van der Waals surface area contributed by atoms with Crippen molar-refractivity contribution < 1.29 is 4.79 Å². The summed E-state index contributed by atoms with van der Waals surface area (Å²) in [6.07, 6.45) is 5.18. The molecule has 0 aliphatic carbocycles. The number of anilines is 1. The Labute approximate surface area is 176 Å². The number of amides is 1. The van der Waals surface area contributed by atoms with Crippen LogP contribution < -0.4 is 5.32 Å². The molecule has 146 valence electrons. The number of hydrogen-bond donors (Lipinski definition) is 1. The Morgan fingerprint density at radius 3 is 2.55 bits per heavy atom. The smallest absolute Gasteiger partial charge is 0.236 e. The van der Waals surface area contributed by atoms with Gasteiger partial charge in [-0.15, -0.1) is 21.5 Å². The van der Waals surface area contributed by atoms with Gasteiger partial charge < -0.3 is 5.32 Å². The van der Waals surface area contributed by atoms with Gasteiger partial charge in [0.05, 0.1) is 5.75 Å². The first-order chi connectivity index (χ1) is 14.1. The van der Waals surface area contributed by atoms with Crippen molar-refractivity contribution in [2.45, 2.75) is 19.0 Å². The molecule has 0 atom stereocenters. The fraction of sp³-hybridized carbons (Fsp3) is 0.150. The summed E-state index contributed by atoms with van der Waals surface area (Å²) in [5.41, 5.74) is 3.01. The first-order valence-electron chi connectivity index (χ1n) is 8.88. The first-order valence-corrected chi connectivity index (χ1v) is 10.7. The minimum Gasteiger partial charge on any atom is -0.301 e. The highest BCUT2D eigenvalue weighted by Crippen LogP contribution is 2.28. The molecule has 0 radical (unpaired) electrons. The lowest BCUT2D eigenvalue weighted by atomic mass is 10.2. The number of nitrogens with one attached hydrogen (secondary N) is 1. The molecule has 0 aliphatic rings. The van der Waals surface area contributed by atoms with Crippen LogP contribution in [0, 0.1) is 13.8 Å². The molecule has 0 aliphatic heterocycles. The van der Waals surface area contributed by atoms with Crippen LogP contribution in [0.4, 0.5) is 5.13 Å². The van der Waals surface area contributed by atoms with Crippen LogP contribution in [0.2, 0.25) is 0 Å². The van der Waals surface area contributed by atoms with Crippen LogP contribution in [0.15, 0.2) is 60.1 Å². The number of thiazole rings is 1. The van der Waals surface area contributed by atoms with Gasteiger partial charge in [-0.1, -0.05) is 29.5 Å². The van der Waals surface area contributed by atoms with Crippen LogP contribution in [-0.4, -0.2) is 36.4 Å². The number of aryl methyl sites for hydroxylation is 2. The molecule has 7 nitrogen and oxygen atoms in total. The van der Waals surface area contributed by atoms with E-state index in [0.717, 1.165) is 16.1 Å². The van der Waals surface area contributed by atoms with Gasteiger partial charge >= 0.3 is 0 Å². The topological polar surface area (TPSA) is 85.6 Å². The van der Waals surface area contributed by atoms with E-state index >= 15 is 0 Å². The lowest BCUT2D eigenvalue weighted by Gasteiger charge is -2.10. The van der Waals surface area contributed by atoms with E-state index in [9.17, 15) is 4.79 Å². The number of carbonyl (C=O) groups is 1. The number of carbonyl (C=O) groups excluding carboxylic acids is 1. The summed E-state index contributed by atoms with van der Waals surface area (Å²) in [5, 5.41) is 12.8. The molecule has 4 rings (SSSR count). The fourth-order valence-electron chi connectivity index (χ4n) is 2.68. The second-order valence-corrected chi connectivity index (χ2v) is 8.50. The number of pyridine rings is 1. The average molecular weight is 423 g/mol. The van der Waals surface area contributed by atoms with Gasteiger partial charge in [-0.3, -0.25) is 14.3 Å². The van der Waals surface area contributed by atoms with Gasteiger partial charge in [0, 0.05) is 34.7 Å². The summed E-state index contributed by atoms with van der Waals surface area (Å²) in [5.74, 6) is 0.780. The Bertz CT molecular complexity index is 1120. The zero-order valence-electron chi connectivity index (χ0n) is 15.9. The van der Waals surface area contributed by atoms with Crippen LogP contribution >= 0.6 is 23.1 Å². The second-order valence-electron chi connectivity index (χ2n) is 6.33. The predicted octanol–water partition coefficient (Wildman–Crippen LogP) is 4.13. The van der Waals surface area contributed by atoms with Crippen molar-refractivity contribution in [1.29, 1.82) is 0 Å². The lowest BCUT2D eigenvalue weighted by molar-refractivity contribution is -0.113. The minimum atomic E-state index is -0.131. The maximum Gasteiger partial charge on any atom is 0.236 e. The second kappa shape index (κ2) is 8.54. The zero-order chi connectivity index (χ0) is 20.2. The number of aromatic nitrogens is 5. The summed E-state index contributed by atoms with van der Waals surface area (Å²) in [6, 6.07) is 11.9. The molecule has 9 heteroatoms. The number of thioether (sulfide) groups is 1. The summed E-state index contributed by atoms with van der Waals surface area (Å²) < 4.78 is 1.96. The zero-order valence-corrected chi connectivity index (χ0v) is 17.5. The van der Waals surface area contributed by atoms with Crippen LogP contribution in [0.1, 0.15) is 10.4 Å². The van der Waals surface area contributed by atoms with Gasteiger partial charge in [-0.2, -0.15) is 0 Å². The standard InChI is InChI=1S/C20H18N6OS2/c1-13-3-5-16(6-4-13)26-18(15-7-9-21-10-8-15)24-25-20(26)28-12-17(27)23-19-22-11-14(2)29-19/h3-11H,12H2,1-2H3,(H,22,23,27). The third kappa shape index (κ3) is 4.52. The molecule has 0 bridgehead atoms. The summed E-state index contributed by atoms with van der Waals surface area (Å²) in [6.45, 7) is 3.99. The van der Waals surface area contributed by atoms with Crippen molar-refractivity contribution in [2.75, 3.05) is 11.1 Å². The predicted molar refractivity (Wildman–Crippen MR) is 116 cm³/mol. The lowest BCUT2D eigenvalue weighted by Crippen LogP contribution is -2.14. The maximum absolute atomic E-state index is 12.3. The Hall–Kier alpha value is -3.04. The Balaban J connectivity index is 1.60. The van der Waals surface area contributed by atoms with Crippen molar-refractivity contribution in [1.82, 2.24) is 24.7 Å². The largest absolute Gasteiger partial charge is 0.301 e. The van der Waals surface area contributed by atoms with Crippen LogP contribution in [-0.2, 0) is 4.79 Å². The van der Waals surface area contributed by atoms with Crippen molar-refractivity contribution in [3.8, 4) is 17.1 Å². The monoisotopic (exact) mass is 422 g/mol. The molecule has 1 N–H and O–H groups in total. The molecule has 0 saturated carbocycles. The highest BCUT2D eigenvalue weighted by atomic mass is 32.2. The Morgan fingerprint density at radius 1 is 1.10 bits per heavy atom. The SMILES string of the molecule is Cc1ccc(-n2c(SCC(=O)Nc3ncc(C)s3)nnc2-c2ccncc2)cc1. The van der Waals surface area contributed by atoms with Crippen molar-refractivity contribution in [2.24, 2.45) is 0 Å². The minimum absolute atomic E-state index is 0.131. The van der Waals surface area contributed by atoms with Crippen molar-refractivity contribution in [3.05, 3.63) is 65.4 Å². The molecule has 29 heavy (non-hydrogen) atoms. The molecule has 4 aromatic rings. The normalized spacial score (nSPS) is 10.8. The highest BCUT2D eigenvalue weighted by Gasteiger charge is 2.17. The molecule has 0 spiro atoms. The third-order valence-corrected chi connectivity index (χ3v) is 5.82.